The summed E-state index contributed by atoms with van der Waals surface area (Å²) in [6.45, 7) is 1.98. The van der Waals surface area contributed by atoms with Crippen molar-refractivity contribution in [2.75, 3.05) is 25.5 Å². The van der Waals surface area contributed by atoms with Crippen LogP contribution in [0.2, 0.25) is 0 Å². The molecule has 0 bridgehead atoms. The molecule has 0 saturated carbocycles. The van der Waals surface area contributed by atoms with Crippen molar-refractivity contribution in [1.82, 2.24) is 15.3 Å². The zero-order valence-corrected chi connectivity index (χ0v) is 9.16. The Morgan fingerprint density at radius 2 is 2.50 bits per heavy atom. The molecule has 5 heteroatoms. The van der Waals surface area contributed by atoms with Gasteiger partial charge in [-0.05, 0) is 19.0 Å². The van der Waals surface area contributed by atoms with E-state index >= 15 is 0 Å². The normalized spacial score (nSPS) is 20.4. The first kappa shape index (κ1) is 9.59. The van der Waals surface area contributed by atoms with Gasteiger partial charge in [0.15, 0.2) is 5.52 Å². The maximum atomic E-state index is 5.69. The summed E-state index contributed by atoms with van der Waals surface area (Å²) in [4.78, 5) is 8.73. The van der Waals surface area contributed by atoms with Gasteiger partial charge >= 0.3 is 0 Å². The molecule has 3 heterocycles. The van der Waals surface area contributed by atoms with Gasteiger partial charge < -0.3 is 15.1 Å². The van der Waals surface area contributed by atoms with E-state index in [-0.39, 0.29) is 0 Å². The van der Waals surface area contributed by atoms with E-state index in [0.29, 0.717) is 11.6 Å². The highest BCUT2D eigenvalue weighted by atomic mass is 16.4. The molecule has 1 saturated heterocycles. The number of aromatic nitrogens is 2. The first-order valence-corrected chi connectivity index (χ1v) is 5.52. The summed E-state index contributed by atoms with van der Waals surface area (Å²) in [6, 6.07) is 1.90. The van der Waals surface area contributed by atoms with E-state index in [1.807, 2.05) is 13.1 Å². The van der Waals surface area contributed by atoms with Gasteiger partial charge in [0, 0.05) is 25.7 Å². The summed E-state index contributed by atoms with van der Waals surface area (Å²) in [5.41, 5.74) is 2.41. The van der Waals surface area contributed by atoms with Crippen molar-refractivity contribution in [2.24, 2.45) is 0 Å². The minimum atomic E-state index is 0.388. The highest BCUT2D eigenvalue weighted by Gasteiger charge is 2.22. The van der Waals surface area contributed by atoms with Gasteiger partial charge in [0.2, 0.25) is 11.6 Å². The Labute approximate surface area is 93.3 Å². The number of fused-ring (bicyclic) bond motifs is 1. The molecule has 0 aliphatic carbocycles. The number of nitrogens with one attached hydrogen (secondary N) is 2. The first-order chi connectivity index (χ1) is 7.88. The lowest BCUT2D eigenvalue weighted by molar-refractivity contribution is 0.479. The molecular formula is C11H14N4O. The molecule has 2 aromatic rings. The van der Waals surface area contributed by atoms with Crippen LogP contribution >= 0.6 is 0 Å². The Bertz CT molecular complexity index is 502. The predicted molar refractivity (Wildman–Crippen MR) is 61.6 cm³/mol. The van der Waals surface area contributed by atoms with E-state index in [1.54, 1.807) is 6.20 Å². The number of nitrogens with zero attached hydrogens (tertiary/aromatic N) is 2. The molecule has 3 rings (SSSR count). The van der Waals surface area contributed by atoms with Crippen molar-refractivity contribution >= 4 is 16.9 Å². The number of hydrogen-bond donors (Lipinski definition) is 2. The third kappa shape index (κ3) is 1.44. The van der Waals surface area contributed by atoms with Gasteiger partial charge in [0.25, 0.3) is 0 Å². The fourth-order valence-electron chi connectivity index (χ4n) is 2.09. The summed E-state index contributed by atoms with van der Waals surface area (Å²) in [5.74, 6) is 1.19. The van der Waals surface area contributed by atoms with E-state index in [1.165, 1.54) is 0 Å². The van der Waals surface area contributed by atoms with Crippen LogP contribution in [0.25, 0.3) is 11.2 Å². The summed E-state index contributed by atoms with van der Waals surface area (Å²) < 4.78 is 5.69. The number of oxazole rings is 1. The van der Waals surface area contributed by atoms with Crippen LogP contribution in [-0.2, 0) is 0 Å². The monoisotopic (exact) mass is 218 g/mol. The van der Waals surface area contributed by atoms with Crippen LogP contribution < -0.4 is 10.6 Å². The molecule has 0 spiro atoms. The van der Waals surface area contributed by atoms with Crippen molar-refractivity contribution in [3.63, 3.8) is 0 Å². The second-order valence-electron chi connectivity index (χ2n) is 4.00. The summed E-state index contributed by atoms with van der Waals surface area (Å²) >= 11 is 0. The highest BCUT2D eigenvalue weighted by Crippen LogP contribution is 2.27. The van der Waals surface area contributed by atoms with E-state index in [0.717, 1.165) is 36.6 Å². The zero-order chi connectivity index (χ0) is 11.0. The largest absolute Gasteiger partial charge is 0.422 e. The third-order valence-electron chi connectivity index (χ3n) is 2.99. The van der Waals surface area contributed by atoms with Crippen LogP contribution in [0, 0.1) is 0 Å². The maximum absolute atomic E-state index is 5.69. The van der Waals surface area contributed by atoms with Crippen molar-refractivity contribution < 1.29 is 4.42 Å². The highest BCUT2D eigenvalue weighted by molar-refractivity contribution is 5.83. The quantitative estimate of drug-likeness (QED) is 0.796. The maximum Gasteiger partial charge on any atom is 0.249 e. The first-order valence-electron chi connectivity index (χ1n) is 5.52. The van der Waals surface area contributed by atoms with Gasteiger partial charge in [0.05, 0.1) is 5.69 Å². The molecular weight excluding hydrogens is 204 g/mol. The van der Waals surface area contributed by atoms with Crippen molar-refractivity contribution in [3.05, 3.63) is 18.2 Å². The topological polar surface area (TPSA) is 63.0 Å². The van der Waals surface area contributed by atoms with Crippen LogP contribution in [0.15, 0.2) is 16.7 Å². The predicted octanol–water partition coefficient (Wildman–Crippen LogP) is 1.34. The Hall–Kier alpha value is -1.62. The zero-order valence-electron chi connectivity index (χ0n) is 9.16. The van der Waals surface area contributed by atoms with Gasteiger partial charge in [-0.2, -0.15) is 0 Å². The SMILES string of the molecule is CNc1ccnc2oc(C3CCNC3)nc12. The number of hydrogen-bond acceptors (Lipinski definition) is 5. The molecule has 1 aliphatic heterocycles. The van der Waals surface area contributed by atoms with Gasteiger partial charge in [-0.15, -0.1) is 0 Å². The minimum absolute atomic E-state index is 0.388. The lowest BCUT2D eigenvalue weighted by atomic mass is 10.1. The van der Waals surface area contributed by atoms with Crippen LogP contribution in [0.4, 0.5) is 5.69 Å². The number of rotatable bonds is 2. The number of pyridine rings is 1. The van der Waals surface area contributed by atoms with Crippen LogP contribution in [-0.4, -0.2) is 30.1 Å². The molecule has 2 N–H and O–H groups in total. The van der Waals surface area contributed by atoms with E-state index in [9.17, 15) is 0 Å². The summed E-state index contributed by atoms with van der Waals surface area (Å²) in [7, 11) is 1.88. The fourth-order valence-corrected chi connectivity index (χ4v) is 2.09. The van der Waals surface area contributed by atoms with E-state index in [2.05, 4.69) is 20.6 Å². The third-order valence-corrected chi connectivity index (χ3v) is 2.99. The Balaban J connectivity index is 2.07. The van der Waals surface area contributed by atoms with Crippen molar-refractivity contribution in [1.29, 1.82) is 0 Å². The lowest BCUT2D eigenvalue weighted by Crippen LogP contribution is -2.07. The molecule has 1 atom stereocenters. The van der Waals surface area contributed by atoms with Crippen LogP contribution in [0.1, 0.15) is 18.2 Å². The average Bonchev–Trinajstić information content (AvgIpc) is 2.96. The van der Waals surface area contributed by atoms with Crippen LogP contribution in [0.5, 0.6) is 0 Å². The van der Waals surface area contributed by atoms with E-state index in [4.69, 9.17) is 4.42 Å². The summed E-state index contributed by atoms with van der Waals surface area (Å²) in [5, 5.41) is 6.40. The van der Waals surface area contributed by atoms with Crippen LogP contribution in [0.3, 0.4) is 0 Å². The molecule has 0 amide bonds. The summed E-state index contributed by atoms with van der Waals surface area (Å²) in [6.07, 6.45) is 2.82. The Morgan fingerprint density at radius 1 is 1.56 bits per heavy atom. The minimum Gasteiger partial charge on any atom is -0.422 e. The molecule has 1 unspecified atom stereocenters. The number of anilines is 1. The van der Waals surface area contributed by atoms with Gasteiger partial charge in [0.1, 0.15) is 0 Å². The average molecular weight is 218 g/mol. The van der Waals surface area contributed by atoms with E-state index < -0.39 is 0 Å². The van der Waals surface area contributed by atoms with Gasteiger partial charge in [-0.3, -0.25) is 0 Å². The lowest BCUT2D eigenvalue weighted by Gasteiger charge is -1.99. The standard InChI is InChI=1S/C11H14N4O/c1-12-8-3-5-14-11-9(8)15-10(16-11)7-2-4-13-6-7/h3,5,7,13H,2,4,6H2,1H3,(H,12,14). The van der Waals surface area contributed by atoms with Gasteiger partial charge in [-0.1, -0.05) is 0 Å². The molecule has 0 radical (unpaired) electrons. The molecule has 1 fully saturated rings. The Kier molecular flexibility index (Phi) is 2.25. The molecule has 5 nitrogen and oxygen atoms in total. The second-order valence-corrected chi connectivity index (χ2v) is 4.00. The molecule has 84 valence electrons. The molecule has 2 aromatic heterocycles. The van der Waals surface area contributed by atoms with Crippen molar-refractivity contribution in [3.8, 4) is 0 Å². The van der Waals surface area contributed by atoms with Crippen molar-refractivity contribution in [2.45, 2.75) is 12.3 Å². The van der Waals surface area contributed by atoms with Gasteiger partial charge in [-0.25, -0.2) is 9.97 Å². The smallest absolute Gasteiger partial charge is 0.249 e. The molecule has 1 aliphatic rings. The molecule has 16 heavy (non-hydrogen) atoms. The fraction of sp³-hybridized carbons (Fsp3) is 0.455. The molecule has 0 aromatic carbocycles. The Morgan fingerprint density at radius 3 is 3.25 bits per heavy atom. The second kappa shape index (κ2) is 3.75.